The molecule has 4 heteroatoms. The van der Waals surface area contributed by atoms with Crippen LogP contribution in [0.5, 0.6) is 0 Å². The second-order valence-corrected chi connectivity index (χ2v) is 6.41. The van der Waals surface area contributed by atoms with E-state index < -0.39 is 0 Å². The largest absolute Gasteiger partial charge is 0.469 e. The molecule has 2 aliphatic rings. The summed E-state index contributed by atoms with van der Waals surface area (Å²) in [7, 11) is 1.48. The van der Waals surface area contributed by atoms with E-state index in [1.54, 1.807) is 6.20 Å². The lowest BCUT2D eigenvalue weighted by Crippen LogP contribution is -2.09. The van der Waals surface area contributed by atoms with Crippen LogP contribution in [0.2, 0.25) is 0 Å². The van der Waals surface area contributed by atoms with Crippen molar-refractivity contribution < 1.29 is 9.53 Å². The third kappa shape index (κ3) is 2.58. The molecule has 1 aromatic carbocycles. The normalized spacial score (nSPS) is 27.9. The molecule has 1 unspecified atom stereocenters. The molecule has 4 atom stereocenters. The Hall–Kier alpha value is -2.62. The van der Waals surface area contributed by atoms with Gasteiger partial charge in [0.1, 0.15) is 0 Å². The predicted molar refractivity (Wildman–Crippen MR) is 91.7 cm³/mol. The highest BCUT2D eigenvalue weighted by Crippen LogP contribution is 2.59. The highest BCUT2D eigenvalue weighted by molar-refractivity contribution is 5.78. The zero-order valence-corrected chi connectivity index (χ0v) is 13.6. The van der Waals surface area contributed by atoms with E-state index in [1.807, 2.05) is 16.9 Å². The Morgan fingerprint density at radius 2 is 2.08 bits per heavy atom. The molecule has 0 radical (unpaired) electrons. The zero-order valence-electron chi connectivity index (χ0n) is 13.6. The fourth-order valence-corrected chi connectivity index (χ4v) is 3.89. The van der Waals surface area contributed by atoms with Gasteiger partial charge in [0.25, 0.3) is 0 Å². The first-order valence-corrected chi connectivity index (χ1v) is 8.31. The van der Waals surface area contributed by atoms with Gasteiger partial charge in [-0.3, -0.25) is 4.79 Å². The molecule has 122 valence electrons. The van der Waals surface area contributed by atoms with Crippen molar-refractivity contribution in [2.45, 2.75) is 12.3 Å². The number of hydrogen-bond donors (Lipinski definition) is 0. The number of carbonyl (C=O) groups excluding carboxylic acids is 1. The summed E-state index contributed by atoms with van der Waals surface area (Å²) in [6.07, 6.45) is 13.2. The van der Waals surface area contributed by atoms with E-state index in [0.717, 1.165) is 12.1 Å². The molecule has 1 heterocycles. The molecular weight excluding hydrogens is 300 g/mol. The number of allylic oxidation sites excluding steroid dienone is 4. The van der Waals surface area contributed by atoms with Crippen LogP contribution in [0.3, 0.4) is 0 Å². The zero-order chi connectivity index (χ0) is 16.5. The molecular formula is C20H20N2O2. The average molecular weight is 320 g/mol. The monoisotopic (exact) mass is 320 g/mol. The number of ether oxygens (including phenoxy) is 1. The molecule has 0 aliphatic heterocycles. The molecule has 0 N–H and O–H groups in total. The average Bonchev–Trinajstić information content (AvgIpc) is 3.15. The highest BCUT2D eigenvalue weighted by Gasteiger charge is 2.58. The Balaban J connectivity index is 1.58. The summed E-state index contributed by atoms with van der Waals surface area (Å²) in [6, 6.07) is 10.2. The van der Waals surface area contributed by atoms with Crippen LogP contribution in [-0.2, 0) is 9.53 Å². The van der Waals surface area contributed by atoms with E-state index in [9.17, 15) is 4.79 Å². The van der Waals surface area contributed by atoms with Gasteiger partial charge in [-0.05, 0) is 42.0 Å². The molecule has 24 heavy (non-hydrogen) atoms. The number of nitrogens with zero attached hydrogens (tertiary/aromatic N) is 2. The van der Waals surface area contributed by atoms with Crippen LogP contribution in [-0.4, -0.2) is 22.9 Å². The summed E-state index contributed by atoms with van der Waals surface area (Å²) in [5.74, 6) is 0.852. The van der Waals surface area contributed by atoms with Crippen LogP contribution in [0.25, 0.3) is 5.69 Å². The van der Waals surface area contributed by atoms with Gasteiger partial charge in [-0.2, -0.15) is 5.10 Å². The lowest BCUT2D eigenvalue weighted by atomic mass is 9.92. The van der Waals surface area contributed by atoms with E-state index in [-0.39, 0.29) is 17.8 Å². The smallest absolute Gasteiger partial charge is 0.309 e. The molecule has 1 saturated carbocycles. The van der Waals surface area contributed by atoms with Gasteiger partial charge in [0.15, 0.2) is 0 Å². The Morgan fingerprint density at radius 1 is 1.25 bits per heavy atom. The Morgan fingerprint density at radius 3 is 2.71 bits per heavy atom. The van der Waals surface area contributed by atoms with E-state index in [1.165, 1.54) is 12.7 Å². The Bertz CT molecular complexity index is 774. The minimum atomic E-state index is -0.0934. The van der Waals surface area contributed by atoms with Gasteiger partial charge in [0, 0.05) is 18.3 Å². The maximum absolute atomic E-state index is 12.2. The summed E-state index contributed by atoms with van der Waals surface area (Å²) in [5.41, 5.74) is 2.23. The Kier molecular flexibility index (Phi) is 3.81. The van der Waals surface area contributed by atoms with Gasteiger partial charge in [0.2, 0.25) is 0 Å². The fourth-order valence-electron chi connectivity index (χ4n) is 3.89. The second-order valence-electron chi connectivity index (χ2n) is 6.41. The molecule has 4 nitrogen and oxygen atoms in total. The van der Waals surface area contributed by atoms with E-state index >= 15 is 0 Å². The van der Waals surface area contributed by atoms with Crippen molar-refractivity contribution in [3.05, 3.63) is 72.6 Å². The van der Waals surface area contributed by atoms with Crippen molar-refractivity contribution in [2.24, 2.45) is 17.8 Å². The van der Waals surface area contributed by atoms with Gasteiger partial charge in [-0.25, -0.2) is 4.68 Å². The number of methoxy groups -OCH3 is 1. The van der Waals surface area contributed by atoms with E-state index in [0.29, 0.717) is 11.8 Å². The summed E-state index contributed by atoms with van der Waals surface area (Å²) in [6.45, 7) is 0. The van der Waals surface area contributed by atoms with Gasteiger partial charge in [-0.1, -0.05) is 36.4 Å². The second kappa shape index (κ2) is 6.11. The summed E-state index contributed by atoms with van der Waals surface area (Å²) in [4.78, 5) is 12.2. The third-order valence-electron chi connectivity index (χ3n) is 5.10. The number of aromatic nitrogens is 2. The minimum absolute atomic E-state index is 0.0355. The summed E-state index contributed by atoms with van der Waals surface area (Å²) >= 11 is 0. The molecule has 0 saturated heterocycles. The topological polar surface area (TPSA) is 44.1 Å². The SMILES string of the molecule is COC(=O)[C@H]1[C@H](c2ccc(-n3cccn3)cc2)[C@H]1C1C=CC=CC1. The number of benzene rings is 1. The van der Waals surface area contributed by atoms with E-state index in [2.05, 4.69) is 53.7 Å². The van der Waals surface area contributed by atoms with Gasteiger partial charge < -0.3 is 4.74 Å². The van der Waals surface area contributed by atoms with Crippen molar-refractivity contribution in [1.29, 1.82) is 0 Å². The number of hydrogen-bond acceptors (Lipinski definition) is 3. The number of rotatable bonds is 4. The van der Waals surface area contributed by atoms with E-state index in [4.69, 9.17) is 4.74 Å². The van der Waals surface area contributed by atoms with Crippen LogP contribution >= 0.6 is 0 Å². The van der Waals surface area contributed by atoms with Gasteiger partial charge >= 0.3 is 5.97 Å². The molecule has 1 aromatic heterocycles. The summed E-state index contributed by atoms with van der Waals surface area (Å²) in [5, 5.41) is 4.25. The van der Waals surface area contributed by atoms with Crippen LogP contribution in [0.1, 0.15) is 17.9 Å². The third-order valence-corrected chi connectivity index (χ3v) is 5.10. The molecule has 4 rings (SSSR count). The molecule has 0 spiro atoms. The molecule has 2 aliphatic carbocycles. The lowest BCUT2D eigenvalue weighted by Gasteiger charge is -2.12. The summed E-state index contributed by atoms with van der Waals surface area (Å²) < 4.78 is 6.87. The van der Waals surface area contributed by atoms with Crippen LogP contribution in [0.4, 0.5) is 0 Å². The predicted octanol–water partition coefficient (Wildman–Crippen LogP) is 3.51. The highest BCUT2D eigenvalue weighted by atomic mass is 16.5. The quantitative estimate of drug-likeness (QED) is 0.810. The standard InChI is InChI=1S/C20H20N2O2/c1-24-20(23)19-17(14-6-3-2-4-7-14)18(19)15-8-10-16(11-9-15)22-13-5-12-21-22/h2-6,8-14,17-19H,7H2,1H3/t14?,17-,18-,19-/m1/s1. The first-order valence-electron chi connectivity index (χ1n) is 8.31. The minimum Gasteiger partial charge on any atom is -0.469 e. The van der Waals surface area contributed by atoms with Crippen LogP contribution in [0.15, 0.2) is 67.0 Å². The fraction of sp³-hybridized carbons (Fsp3) is 0.300. The van der Waals surface area contributed by atoms with Crippen molar-refractivity contribution >= 4 is 5.97 Å². The van der Waals surface area contributed by atoms with Gasteiger partial charge in [-0.15, -0.1) is 0 Å². The maximum atomic E-state index is 12.2. The van der Waals surface area contributed by atoms with Crippen molar-refractivity contribution in [2.75, 3.05) is 7.11 Å². The lowest BCUT2D eigenvalue weighted by molar-refractivity contribution is -0.142. The Labute approximate surface area is 141 Å². The first kappa shape index (κ1) is 14.9. The first-order chi connectivity index (χ1) is 11.8. The molecule has 2 aromatic rings. The maximum Gasteiger partial charge on any atom is 0.309 e. The van der Waals surface area contributed by atoms with Crippen molar-refractivity contribution in [3.63, 3.8) is 0 Å². The molecule has 1 fully saturated rings. The van der Waals surface area contributed by atoms with Crippen LogP contribution in [0, 0.1) is 17.8 Å². The number of carbonyl (C=O) groups is 1. The van der Waals surface area contributed by atoms with Crippen molar-refractivity contribution in [1.82, 2.24) is 9.78 Å². The molecule has 0 amide bonds. The van der Waals surface area contributed by atoms with Crippen molar-refractivity contribution in [3.8, 4) is 5.69 Å². The number of esters is 1. The van der Waals surface area contributed by atoms with Crippen LogP contribution < -0.4 is 0 Å². The molecule has 0 bridgehead atoms. The van der Waals surface area contributed by atoms with Gasteiger partial charge in [0.05, 0.1) is 18.7 Å².